The van der Waals surface area contributed by atoms with Crippen molar-refractivity contribution in [2.24, 2.45) is 5.84 Å². The summed E-state index contributed by atoms with van der Waals surface area (Å²) in [6, 6.07) is 7.78. The smallest absolute Gasteiger partial charge is 0.0782 e. The van der Waals surface area contributed by atoms with Crippen LogP contribution in [-0.2, 0) is 4.74 Å². The Morgan fingerprint density at radius 2 is 2.31 bits per heavy atom. The molecule has 1 aliphatic rings. The first-order valence-electron chi connectivity index (χ1n) is 5.64. The van der Waals surface area contributed by atoms with E-state index in [2.05, 4.69) is 5.43 Å². The van der Waals surface area contributed by atoms with Gasteiger partial charge in [0.15, 0.2) is 0 Å². The van der Waals surface area contributed by atoms with Crippen LogP contribution in [0.3, 0.4) is 0 Å². The largest absolute Gasteiger partial charge is 0.376 e. The van der Waals surface area contributed by atoms with Crippen LogP contribution in [0.1, 0.15) is 30.9 Å². The van der Waals surface area contributed by atoms with E-state index in [1.807, 2.05) is 24.3 Å². The lowest BCUT2D eigenvalue weighted by atomic mass is 9.96. The third-order valence-electron chi connectivity index (χ3n) is 2.97. The maximum Gasteiger partial charge on any atom is 0.0782 e. The van der Waals surface area contributed by atoms with Crippen LogP contribution in [0, 0.1) is 0 Å². The molecule has 0 spiro atoms. The first-order valence-corrected chi connectivity index (χ1v) is 6.02. The van der Waals surface area contributed by atoms with E-state index in [4.69, 9.17) is 22.2 Å². The first-order chi connectivity index (χ1) is 7.81. The fourth-order valence-electron chi connectivity index (χ4n) is 2.15. The van der Waals surface area contributed by atoms with Crippen LogP contribution in [0.5, 0.6) is 0 Å². The maximum atomic E-state index is 5.98. The van der Waals surface area contributed by atoms with Crippen LogP contribution in [0.4, 0.5) is 0 Å². The van der Waals surface area contributed by atoms with Gasteiger partial charge in [0.25, 0.3) is 0 Å². The fraction of sp³-hybridized carbons (Fsp3) is 0.500. The Kier molecular flexibility index (Phi) is 4.18. The third kappa shape index (κ3) is 2.74. The van der Waals surface area contributed by atoms with Crippen LogP contribution in [0.15, 0.2) is 24.3 Å². The lowest BCUT2D eigenvalue weighted by molar-refractivity contribution is -0.00821. The summed E-state index contributed by atoms with van der Waals surface area (Å²) in [4.78, 5) is 0. The third-order valence-corrected chi connectivity index (χ3v) is 3.21. The van der Waals surface area contributed by atoms with Crippen molar-refractivity contribution in [3.8, 4) is 0 Å². The standard InChI is InChI=1S/C12H17ClN2O/c13-10-5-3-4-9(8-10)12(15-14)11-6-1-2-7-16-11/h3-5,8,11-12,15H,1-2,6-7,14H2. The van der Waals surface area contributed by atoms with Crippen molar-refractivity contribution in [2.75, 3.05) is 6.61 Å². The summed E-state index contributed by atoms with van der Waals surface area (Å²) >= 11 is 5.98. The lowest BCUT2D eigenvalue weighted by Crippen LogP contribution is -2.39. The second kappa shape index (κ2) is 5.64. The van der Waals surface area contributed by atoms with Crippen LogP contribution in [0.25, 0.3) is 0 Å². The zero-order valence-electron chi connectivity index (χ0n) is 9.16. The number of hydrogen-bond acceptors (Lipinski definition) is 3. The topological polar surface area (TPSA) is 47.3 Å². The number of nitrogens with one attached hydrogen (secondary N) is 1. The van der Waals surface area contributed by atoms with Gasteiger partial charge in [-0.2, -0.15) is 0 Å². The number of benzene rings is 1. The Labute approximate surface area is 101 Å². The van der Waals surface area contributed by atoms with Crippen molar-refractivity contribution >= 4 is 11.6 Å². The normalized spacial score (nSPS) is 23.0. The number of halogens is 1. The van der Waals surface area contributed by atoms with Crippen LogP contribution < -0.4 is 11.3 Å². The van der Waals surface area contributed by atoms with Crippen molar-refractivity contribution in [2.45, 2.75) is 31.4 Å². The van der Waals surface area contributed by atoms with Crippen LogP contribution >= 0.6 is 11.6 Å². The van der Waals surface area contributed by atoms with Crippen molar-refractivity contribution in [3.05, 3.63) is 34.9 Å². The minimum atomic E-state index is 0.0269. The molecule has 2 atom stereocenters. The number of hydrazine groups is 1. The Hall–Kier alpha value is -0.610. The van der Waals surface area contributed by atoms with Crippen LogP contribution in [0.2, 0.25) is 5.02 Å². The minimum absolute atomic E-state index is 0.0269. The second-order valence-electron chi connectivity index (χ2n) is 4.10. The second-order valence-corrected chi connectivity index (χ2v) is 4.54. The molecule has 0 radical (unpaired) electrons. The summed E-state index contributed by atoms with van der Waals surface area (Å²) in [5.41, 5.74) is 3.92. The van der Waals surface area contributed by atoms with E-state index in [1.165, 1.54) is 6.42 Å². The van der Waals surface area contributed by atoms with E-state index < -0.39 is 0 Å². The fourth-order valence-corrected chi connectivity index (χ4v) is 2.35. The molecule has 3 N–H and O–H groups in total. The molecule has 1 aromatic carbocycles. The molecule has 1 heterocycles. The Morgan fingerprint density at radius 3 is 2.94 bits per heavy atom. The van der Waals surface area contributed by atoms with Gasteiger partial charge in [-0.1, -0.05) is 23.7 Å². The van der Waals surface area contributed by atoms with E-state index in [9.17, 15) is 0 Å². The van der Waals surface area contributed by atoms with Gasteiger partial charge in [-0.3, -0.25) is 11.3 Å². The molecule has 1 fully saturated rings. The molecule has 3 nitrogen and oxygen atoms in total. The molecule has 2 unspecified atom stereocenters. The summed E-state index contributed by atoms with van der Waals surface area (Å²) in [5.74, 6) is 5.61. The number of nitrogens with two attached hydrogens (primary N) is 1. The number of rotatable bonds is 3. The van der Waals surface area contributed by atoms with E-state index in [1.54, 1.807) is 0 Å². The maximum absolute atomic E-state index is 5.98. The molecule has 2 rings (SSSR count). The average molecular weight is 241 g/mol. The molecule has 88 valence electrons. The van der Waals surface area contributed by atoms with E-state index in [0.29, 0.717) is 0 Å². The summed E-state index contributed by atoms with van der Waals surface area (Å²) in [6.07, 6.45) is 3.53. The van der Waals surface area contributed by atoms with Gasteiger partial charge in [-0.05, 0) is 37.0 Å². The van der Waals surface area contributed by atoms with Crippen molar-refractivity contribution < 1.29 is 4.74 Å². The predicted molar refractivity (Wildman–Crippen MR) is 65.1 cm³/mol. The van der Waals surface area contributed by atoms with E-state index >= 15 is 0 Å². The molecule has 1 aliphatic heterocycles. The molecule has 0 saturated carbocycles. The summed E-state index contributed by atoms with van der Waals surface area (Å²) in [7, 11) is 0. The minimum Gasteiger partial charge on any atom is -0.376 e. The molecule has 1 saturated heterocycles. The van der Waals surface area contributed by atoms with Gasteiger partial charge in [0.05, 0.1) is 12.1 Å². The zero-order valence-corrected chi connectivity index (χ0v) is 9.91. The van der Waals surface area contributed by atoms with E-state index in [0.717, 1.165) is 30.0 Å². The molecule has 4 heteroatoms. The van der Waals surface area contributed by atoms with Gasteiger partial charge in [-0.15, -0.1) is 0 Å². The van der Waals surface area contributed by atoms with Gasteiger partial charge in [0.1, 0.15) is 0 Å². The van der Waals surface area contributed by atoms with Crippen LogP contribution in [-0.4, -0.2) is 12.7 Å². The molecule has 0 aromatic heterocycles. The summed E-state index contributed by atoms with van der Waals surface area (Å²) in [6.45, 7) is 0.823. The molecule has 0 aliphatic carbocycles. The first kappa shape index (κ1) is 11.9. The molecule has 0 amide bonds. The van der Waals surface area contributed by atoms with Gasteiger partial charge in [0, 0.05) is 11.6 Å². The van der Waals surface area contributed by atoms with Crippen molar-refractivity contribution in [1.82, 2.24) is 5.43 Å². The van der Waals surface area contributed by atoms with Gasteiger partial charge in [0.2, 0.25) is 0 Å². The zero-order chi connectivity index (χ0) is 11.4. The Bertz CT molecular complexity index is 340. The highest BCUT2D eigenvalue weighted by Gasteiger charge is 2.24. The van der Waals surface area contributed by atoms with Crippen molar-refractivity contribution in [1.29, 1.82) is 0 Å². The summed E-state index contributed by atoms with van der Waals surface area (Å²) in [5, 5.41) is 0.730. The highest BCUT2D eigenvalue weighted by atomic mass is 35.5. The van der Waals surface area contributed by atoms with Gasteiger partial charge in [-0.25, -0.2) is 0 Å². The quantitative estimate of drug-likeness (QED) is 0.630. The van der Waals surface area contributed by atoms with E-state index in [-0.39, 0.29) is 12.1 Å². The predicted octanol–water partition coefficient (Wildman–Crippen LogP) is 2.41. The highest BCUT2D eigenvalue weighted by molar-refractivity contribution is 6.30. The Morgan fingerprint density at radius 1 is 1.44 bits per heavy atom. The summed E-state index contributed by atoms with van der Waals surface area (Å²) < 4.78 is 5.74. The number of hydrogen-bond donors (Lipinski definition) is 2. The lowest BCUT2D eigenvalue weighted by Gasteiger charge is -2.30. The van der Waals surface area contributed by atoms with Crippen molar-refractivity contribution in [3.63, 3.8) is 0 Å². The number of ether oxygens (including phenoxy) is 1. The highest BCUT2D eigenvalue weighted by Crippen LogP contribution is 2.27. The SMILES string of the molecule is NNC(c1cccc(Cl)c1)C1CCCCO1. The molecule has 16 heavy (non-hydrogen) atoms. The molecular formula is C12H17ClN2O. The van der Waals surface area contributed by atoms with Gasteiger partial charge >= 0.3 is 0 Å². The average Bonchev–Trinajstić information content (AvgIpc) is 2.31. The molecule has 1 aromatic rings. The molecular weight excluding hydrogens is 224 g/mol. The van der Waals surface area contributed by atoms with Gasteiger partial charge < -0.3 is 4.74 Å². The monoisotopic (exact) mass is 240 g/mol. The molecule has 0 bridgehead atoms. The Balaban J connectivity index is 2.14.